The van der Waals surface area contributed by atoms with Gasteiger partial charge in [-0.15, -0.1) is 0 Å². The van der Waals surface area contributed by atoms with Crippen molar-refractivity contribution in [2.45, 2.75) is 19.8 Å². The van der Waals surface area contributed by atoms with Crippen molar-refractivity contribution in [1.82, 2.24) is 0 Å². The molecular weight excluding hydrogens is 100 g/mol. The summed E-state index contributed by atoms with van der Waals surface area (Å²) in [5, 5.41) is 0. The smallest absolute Gasteiger partial charge is 0.0896 e. The van der Waals surface area contributed by atoms with Crippen LogP contribution in [0.2, 0.25) is 0 Å². The summed E-state index contributed by atoms with van der Waals surface area (Å²) in [6.45, 7) is 2.13. The van der Waals surface area contributed by atoms with Crippen LogP contribution in [0.15, 0.2) is 24.2 Å². The summed E-state index contributed by atoms with van der Waals surface area (Å²) in [5.41, 5.74) is 1.37. The quantitative estimate of drug-likeness (QED) is 0.503. The lowest BCUT2D eigenvalue weighted by atomic mass is 10.1. The molecule has 0 saturated carbocycles. The summed E-state index contributed by atoms with van der Waals surface area (Å²) < 4.78 is 4.93. The molecule has 0 aromatic heterocycles. The third kappa shape index (κ3) is 1.12. The molecule has 1 heteroatoms. The van der Waals surface area contributed by atoms with Gasteiger partial charge in [-0.1, -0.05) is 6.92 Å². The maximum atomic E-state index is 4.93. The molecule has 0 atom stereocenters. The maximum Gasteiger partial charge on any atom is 0.0896 e. The van der Waals surface area contributed by atoms with Crippen molar-refractivity contribution in [3.63, 3.8) is 0 Å². The summed E-state index contributed by atoms with van der Waals surface area (Å²) >= 11 is 0. The fraction of sp³-hybridized carbons (Fsp3) is 0.429. The Morgan fingerprint density at radius 1 is 1.75 bits per heavy atom. The molecule has 0 aliphatic carbocycles. The molecule has 44 valence electrons. The van der Waals surface area contributed by atoms with Crippen molar-refractivity contribution in [2.24, 2.45) is 0 Å². The van der Waals surface area contributed by atoms with E-state index in [0.29, 0.717) is 0 Å². The van der Waals surface area contributed by atoms with E-state index in [0.717, 1.165) is 12.8 Å². The van der Waals surface area contributed by atoms with E-state index in [1.54, 1.807) is 6.26 Å². The Balaban J connectivity index is 2.43. The Kier molecular flexibility index (Phi) is 1.73. The van der Waals surface area contributed by atoms with E-state index in [2.05, 4.69) is 6.92 Å². The number of allylic oxidation sites excluding steroid dienone is 2. The maximum absolute atomic E-state index is 4.93. The Morgan fingerprint density at radius 3 is 3.00 bits per heavy atom. The van der Waals surface area contributed by atoms with Crippen molar-refractivity contribution < 1.29 is 4.74 Å². The van der Waals surface area contributed by atoms with Crippen molar-refractivity contribution in [3.05, 3.63) is 24.2 Å². The molecule has 1 rings (SSSR count). The molecule has 8 heavy (non-hydrogen) atoms. The van der Waals surface area contributed by atoms with Gasteiger partial charge in [0.15, 0.2) is 0 Å². The third-order valence-electron chi connectivity index (χ3n) is 1.24. The summed E-state index contributed by atoms with van der Waals surface area (Å²) in [7, 11) is 0. The van der Waals surface area contributed by atoms with Gasteiger partial charge in [-0.3, -0.25) is 0 Å². The summed E-state index contributed by atoms with van der Waals surface area (Å²) in [6, 6.07) is 0. The van der Waals surface area contributed by atoms with E-state index < -0.39 is 0 Å². The minimum Gasteiger partial charge on any atom is -0.473 e. The average Bonchev–Trinajstić information content (AvgIpc) is 1.90. The molecule has 0 N–H and O–H groups in total. The van der Waals surface area contributed by atoms with Crippen LogP contribution in [-0.4, -0.2) is 0 Å². The number of hydrogen-bond donors (Lipinski definition) is 0. The molecule has 1 aliphatic rings. The highest BCUT2D eigenvalue weighted by Gasteiger charge is 1.93. The fourth-order valence-corrected chi connectivity index (χ4v) is 0.666. The van der Waals surface area contributed by atoms with Crippen molar-refractivity contribution in [2.75, 3.05) is 0 Å². The minimum atomic E-state index is 1.07. The summed E-state index contributed by atoms with van der Waals surface area (Å²) in [5.74, 6) is 0. The van der Waals surface area contributed by atoms with Crippen LogP contribution in [0.3, 0.4) is 0 Å². The monoisotopic (exact) mass is 110 g/mol. The van der Waals surface area contributed by atoms with Gasteiger partial charge in [0.25, 0.3) is 0 Å². The SMILES string of the molecule is CCC1=COC=CC1. The first kappa shape index (κ1) is 5.42. The second kappa shape index (κ2) is 2.55. The Hall–Kier alpha value is -0.720. The molecule has 0 saturated heterocycles. The van der Waals surface area contributed by atoms with Crippen LogP contribution in [0.25, 0.3) is 0 Å². The van der Waals surface area contributed by atoms with E-state index >= 15 is 0 Å². The van der Waals surface area contributed by atoms with Crippen LogP contribution in [0.4, 0.5) is 0 Å². The van der Waals surface area contributed by atoms with Gasteiger partial charge >= 0.3 is 0 Å². The second-order valence-electron chi connectivity index (χ2n) is 1.84. The molecule has 0 unspecified atom stereocenters. The first-order valence-electron chi connectivity index (χ1n) is 2.92. The molecule has 0 bridgehead atoms. The molecule has 0 radical (unpaired) electrons. The lowest BCUT2D eigenvalue weighted by molar-refractivity contribution is 0.385. The highest BCUT2D eigenvalue weighted by Crippen LogP contribution is 2.10. The zero-order valence-electron chi connectivity index (χ0n) is 5.05. The van der Waals surface area contributed by atoms with Gasteiger partial charge in [-0.25, -0.2) is 0 Å². The zero-order valence-corrected chi connectivity index (χ0v) is 5.05. The van der Waals surface area contributed by atoms with E-state index in [1.807, 2.05) is 12.3 Å². The normalized spacial score (nSPS) is 17.4. The van der Waals surface area contributed by atoms with Crippen molar-refractivity contribution in [3.8, 4) is 0 Å². The van der Waals surface area contributed by atoms with Gasteiger partial charge in [-0.2, -0.15) is 0 Å². The van der Waals surface area contributed by atoms with Gasteiger partial charge in [-0.05, 0) is 24.5 Å². The second-order valence-corrected chi connectivity index (χ2v) is 1.84. The molecule has 1 heterocycles. The molecule has 0 amide bonds. The highest BCUT2D eigenvalue weighted by atomic mass is 16.5. The Morgan fingerprint density at radius 2 is 2.62 bits per heavy atom. The predicted molar refractivity (Wildman–Crippen MR) is 33.2 cm³/mol. The minimum absolute atomic E-state index is 1.07. The van der Waals surface area contributed by atoms with E-state index in [1.165, 1.54) is 5.57 Å². The molecule has 1 nitrogen and oxygen atoms in total. The molecular formula is C7H10O. The summed E-state index contributed by atoms with van der Waals surface area (Å²) in [4.78, 5) is 0. The Bertz CT molecular complexity index is 122. The van der Waals surface area contributed by atoms with E-state index in [9.17, 15) is 0 Å². The molecule has 0 spiro atoms. The number of hydrogen-bond acceptors (Lipinski definition) is 1. The van der Waals surface area contributed by atoms with Crippen LogP contribution in [0.1, 0.15) is 19.8 Å². The van der Waals surface area contributed by atoms with Gasteiger partial charge in [0, 0.05) is 0 Å². The topological polar surface area (TPSA) is 9.23 Å². The van der Waals surface area contributed by atoms with Crippen LogP contribution in [0, 0.1) is 0 Å². The fourth-order valence-electron chi connectivity index (χ4n) is 0.666. The van der Waals surface area contributed by atoms with Crippen LogP contribution < -0.4 is 0 Å². The number of rotatable bonds is 1. The van der Waals surface area contributed by atoms with Gasteiger partial charge in [0.05, 0.1) is 12.5 Å². The zero-order chi connectivity index (χ0) is 5.82. The average molecular weight is 110 g/mol. The summed E-state index contributed by atoms with van der Waals surface area (Å²) in [6.07, 6.45) is 7.73. The molecule has 0 aromatic carbocycles. The van der Waals surface area contributed by atoms with Crippen molar-refractivity contribution >= 4 is 0 Å². The number of ether oxygens (including phenoxy) is 1. The van der Waals surface area contributed by atoms with Crippen molar-refractivity contribution in [1.29, 1.82) is 0 Å². The van der Waals surface area contributed by atoms with Gasteiger partial charge in [0.2, 0.25) is 0 Å². The van der Waals surface area contributed by atoms with E-state index in [4.69, 9.17) is 4.74 Å². The van der Waals surface area contributed by atoms with E-state index in [-0.39, 0.29) is 0 Å². The van der Waals surface area contributed by atoms with Crippen LogP contribution in [-0.2, 0) is 4.74 Å². The molecule has 1 aliphatic heterocycles. The van der Waals surface area contributed by atoms with Gasteiger partial charge in [0.1, 0.15) is 0 Å². The van der Waals surface area contributed by atoms with Crippen LogP contribution in [0.5, 0.6) is 0 Å². The Labute approximate surface area is 49.7 Å². The standard InChI is InChI=1S/C7H10O/c1-2-7-4-3-5-8-6-7/h3,5-6H,2,4H2,1H3. The predicted octanol–water partition coefficient (Wildman–Crippen LogP) is 2.21. The third-order valence-corrected chi connectivity index (χ3v) is 1.24. The molecule has 0 aromatic rings. The van der Waals surface area contributed by atoms with Gasteiger partial charge < -0.3 is 4.74 Å². The largest absolute Gasteiger partial charge is 0.473 e. The lowest BCUT2D eigenvalue weighted by Gasteiger charge is -2.03. The van der Waals surface area contributed by atoms with Crippen LogP contribution >= 0.6 is 0 Å². The first-order chi connectivity index (χ1) is 3.93. The lowest BCUT2D eigenvalue weighted by Crippen LogP contribution is -1.84. The molecule has 0 fully saturated rings. The first-order valence-corrected chi connectivity index (χ1v) is 2.92. The highest BCUT2D eigenvalue weighted by molar-refractivity contribution is 5.06.